The molecule has 0 fully saturated rings. The minimum absolute atomic E-state index is 0.769. The summed E-state index contributed by atoms with van der Waals surface area (Å²) >= 11 is 5.10. The Morgan fingerprint density at radius 1 is 1.38 bits per heavy atom. The van der Waals surface area contributed by atoms with Crippen LogP contribution in [0.4, 0.5) is 0 Å². The number of fused-ring (bicyclic) bond motifs is 1. The fourth-order valence-corrected chi connectivity index (χ4v) is 2.89. The summed E-state index contributed by atoms with van der Waals surface area (Å²) in [5, 5.41) is 0. The van der Waals surface area contributed by atoms with Crippen LogP contribution in [0.2, 0.25) is 0 Å². The van der Waals surface area contributed by atoms with Crippen molar-refractivity contribution in [1.29, 1.82) is 0 Å². The molecule has 0 aliphatic carbocycles. The molecule has 0 amide bonds. The van der Waals surface area contributed by atoms with Crippen LogP contribution in [0.3, 0.4) is 0 Å². The molecule has 0 radical (unpaired) electrons. The van der Waals surface area contributed by atoms with Gasteiger partial charge in [-0.2, -0.15) is 0 Å². The predicted molar refractivity (Wildman–Crippen MR) is 69.6 cm³/mol. The van der Waals surface area contributed by atoms with Crippen LogP contribution >= 0.6 is 27.3 Å². The van der Waals surface area contributed by atoms with Crippen molar-refractivity contribution in [1.82, 2.24) is 15.0 Å². The lowest BCUT2D eigenvalue weighted by Crippen LogP contribution is -1.77. The zero-order valence-corrected chi connectivity index (χ0v) is 10.9. The van der Waals surface area contributed by atoms with E-state index in [4.69, 9.17) is 0 Å². The van der Waals surface area contributed by atoms with Crippen molar-refractivity contribution in [3.05, 3.63) is 33.7 Å². The Bertz CT molecular complexity index is 656. The fraction of sp³-hybridized carbons (Fsp3) is 0.0909. The topological polar surface area (TPSA) is 41.6 Å². The van der Waals surface area contributed by atoms with Crippen molar-refractivity contribution in [2.24, 2.45) is 0 Å². The first kappa shape index (κ1) is 9.99. The Kier molecular flexibility index (Phi) is 2.29. The molecular formula is C11H8BrN3S. The molecule has 80 valence electrons. The molecule has 0 unspecified atom stereocenters. The molecule has 0 spiro atoms. The number of nitrogens with zero attached hydrogens (tertiary/aromatic N) is 2. The number of imidazole rings is 1. The van der Waals surface area contributed by atoms with Crippen LogP contribution in [0.1, 0.15) is 5.56 Å². The van der Waals surface area contributed by atoms with Crippen LogP contribution in [0.25, 0.3) is 21.9 Å². The van der Waals surface area contributed by atoms with Crippen molar-refractivity contribution in [2.75, 3.05) is 0 Å². The third kappa shape index (κ3) is 1.66. The molecule has 16 heavy (non-hydrogen) atoms. The van der Waals surface area contributed by atoms with E-state index >= 15 is 0 Å². The maximum atomic E-state index is 4.46. The van der Waals surface area contributed by atoms with E-state index in [1.165, 1.54) is 0 Å². The Morgan fingerprint density at radius 2 is 2.25 bits per heavy atom. The zero-order chi connectivity index (χ0) is 11.1. The van der Waals surface area contributed by atoms with E-state index in [1.54, 1.807) is 11.3 Å². The van der Waals surface area contributed by atoms with Crippen LogP contribution in [0.15, 0.2) is 28.2 Å². The summed E-state index contributed by atoms with van der Waals surface area (Å²) in [5.74, 6) is 0.879. The number of hydrogen-bond donors (Lipinski definition) is 1. The summed E-state index contributed by atoms with van der Waals surface area (Å²) in [4.78, 5) is 13.1. The second kappa shape index (κ2) is 3.68. The molecule has 0 atom stereocenters. The fourth-order valence-electron chi connectivity index (χ4n) is 1.56. The number of nitrogens with one attached hydrogen (secondary N) is 1. The molecule has 0 aliphatic heterocycles. The van der Waals surface area contributed by atoms with E-state index in [9.17, 15) is 0 Å². The zero-order valence-electron chi connectivity index (χ0n) is 8.49. The first-order valence-electron chi connectivity index (χ1n) is 4.80. The van der Waals surface area contributed by atoms with Gasteiger partial charge in [-0.05, 0) is 46.6 Å². The van der Waals surface area contributed by atoms with Crippen LogP contribution < -0.4 is 0 Å². The van der Waals surface area contributed by atoms with Crippen molar-refractivity contribution in [3.63, 3.8) is 0 Å². The molecule has 1 N–H and O–H groups in total. The maximum Gasteiger partial charge on any atom is 0.178 e. The molecule has 5 heteroatoms. The van der Waals surface area contributed by atoms with Gasteiger partial charge in [0.15, 0.2) is 11.5 Å². The molecule has 3 heterocycles. The minimum Gasteiger partial charge on any atom is -0.336 e. The Morgan fingerprint density at radius 3 is 3.00 bits per heavy atom. The van der Waals surface area contributed by atoms with Crippen LogP contribution in [-0.2, 0) is 0 Å². The maximum absolute atomic E-state index is 4.46. The van der Waals surface area contributed by atoms with Crippen LogP contribution in [0, 0.1) is 6.92 Å². The molecule has 0 saturated heterocycles. The van der Waals surface area contributed by atoms with Crippen molar-refractivity contribution in [3.8, 4) is 10.7 Å². The normalized spacial score (nSPS) is 11.1. The van der Waals surface area contributed by atoms with Crippen molar-refractivity contribution >= 4 is 38.4 Å². The van der Waals surface area contributed by atoms with Gasteiger partial charge in [0.1, 0.15) is 0 Å². The first-order chi connectivity index (χ1) is 7.72. The lowest BCUT2D eigenvalue weighted by molar-refractivity contribution is 1.29. The van der Waals surface area contributed by atoms with Gasteiger partial charge >= 0.3 is 0 Å². The standard InChI is InChI=1S/C11H8BrN3S/c1-6-4-7-10(13-5-6)15-11(14-7)8-2-3-9(12)16-8/h2-5H,1H3,(H,13,14,15). The molecular weight excluding hydrogens is 286 g/mol. The Balaban J connectivity index is 2.18. The summed E-state index contributed by atoms with van der Waals surface area (Å²) in [6.45, 7) is 2.02. The highest BCUT2D eigenvalue weighted by Crippen LogP contribution is 2.30. The van der Waals surface area contributed by atoms with E-state index in [0.29, 0.717) is 0 Å². The molecule has 0 aromatic carbocycles. The van der Waals surface area contributed by atoms with Crippen molar-refractivity contribution in [2.45, 2.75) is 6.92 Å². The lowest BCUT2D eigenvalue weighted by atomic mass is 10.3. The smallest absolute Gasteiger partial charge is 0.178 e. The number of rotatable bonds is 1. The van der Waals surface area contributed by atoms with Gasteiger partial charge in [-0.25, -0.2) is 9.97 Å². The molecule has 0 aliphatic rings. The Hall–Kier alpha value is -1.20. The highest BCUT2D eigenvalue weighted by Gasteiger charge is 2.08. The number of hydrogen-bond acceptors (Lipinski definition) is 3. The van der Waals surface area contributed by atoms with Crippen LogP contribution in [-0.4, -0.2) is 15.0 Å². The number of aromatic nitrogens is 3. The van der Waals surface area contributed by atoms with Gasteiger partial charge in [0.25, 0.3) is 0 Å². The number of aromatic amines is 1. The summed E-state index contributed by atoms with van der Waals surface area (Å²) in [6, 6.07) is 6.12. The highest BCUT2D eigenvalue weighted by molar-refractivity contribution is 9.11. The van der Waals surface area contributed by atoms with Gasteiger partial charge in [0.2, 0.25) is 0 Å². The van der Waals surface area contributed by atoms with E-state index in [-0.39, 0.29) is 0 Å². The number of halogens is 1. The van der Waals surface area contributed by atoms with E-state index in [2.05, 4.69) is 36.9 Å². The third-order valence-electron chi connectivity index (χ3n) is 2.28. The quantitative estimate of drug-likeness (QED) is 0.742. The summed E-state index contributed by atoms with van der Waals surface area (Å²) in [5.41, 5.74) is 2.89. The minimum atomic E-state index is 0.769. The lowest BCUT2D eigenvalue weighted by Gasteiger charge is -1.88. The molecule has 0 bridgehead atoms. The SMILES string of the molecule is Cc1cnc2nc(-c3ccc(Br)s3)[nH]c2c1. The van der Waals surface area contributed by atoms with Gasteiger partial charge in [-0.15, -0.1) is 11.3 Å². The second-order valence-electron chi connectivity index (χ2n) is 3.57. The molecule has 3 aromatic heterocycles. The summed E-state index contributed by atoms with van der Waals surface area (Å²) in [6.07, 6.45) is 1.83. The number of H-pyrrole nitrogens is 1. The average Bonchev–Trinajstić information content (AvgIpc) is 2.83. The van der Waals surface area contributed by atoms with Gasteiger partial charge in [0, 0.05) is 6.20 Å². The van der Waals surface area contributed by atoms with Gasteiger partial charge in [-0.3, -0.25) is 0 Å². The number of pyridine rings is 1. The predicted octanol–water partition coefficient (Wildman–Crippen LogP) is 3.76. The molecule has 3 rings (SSSR count). The summed E-state index contributed by atoms with van der Waals surface area (Å²) < 4.78 is 1.10. The highest BCUT2D eigenvalue weighted by atomic mass is 79.9. The third-order valence-corrected chi connectivity index (χ3v) is 3.91. The van der Waals surface area contributed by atoms with Crippen molar-refractivity contribution < 1.29 is 0 Å². The van der Waals surface area contributed by atoms with E-state index in [0.717, 1.165) is 31.2 Å². The second-order valence-corrected chi connectivity index (χ2v) is 6.04. The summed E-state index contributed by atoms with van der Waals surface area (Å²) in [7, 11) is 0. The molecule has 3 aromatic rings. The molecule has 0 saturated carbocycles. The van der Waals surface area contributed by atoms with Gasteiger partial charge < -0.3 is 4.98 Å². The Labute approximate surface area is 105 Å². The number of thiophene rings is 1. The van der Waals surface area contributed by atoms with Gasteiger partial charge in [-0.1, -0.05) is 0 Å². The van der Waals surface area contributed by atoms with Gasteiger partial charge in [0.05, 0.1) is 14.2 Å². The largest absolute Gasteiger partial charge is 0.336 e. The monoisotopic (exact) mass is 293 g/mol. The molecule has 3 nitrogen and oxygen atoms in total. The number of aryl methyl sites for hydroxylation is 1. The van der Waals surface area contributed by atoms with Crippen LogP contribution in [0.5, 0.6) is 0 Å². The first-order valence-corrected chi connectivity index (χ1v) is 6.41. The van der Waals surface area contributed by atoms with E-state index < -0.39 is 0 Å². The van der Waals surface area contributed by atoms with E-state index in [1.807, 2.05) is 25.3 Å². The average molecular weight is 294 g/mol.